The van der Waals surface area contributed by atoms with Gasteiger partial charge in [0.15, 0.2) is 0 Å². The maximum absolute atomic E-state index is 11.0. The van der Waals surface area contributed by atoms with Crippen molar-refractivity contribution in [2.45, 2.75) is 51.7 Å². The van der Waals surface area contributed by atoms with Gasteiger partial charge in [0, 0.05) is 5.57 Å². The monoisotopic (exact) mass is 262 g/mol. The Balaban J connectivity index is 3.29. The molecule has 0 heterocycles. The van der Waals surface area contributed by atoms with Crippen LogP contribution in [-0.2, 0) is 9.53 Å². The summed E-state index contributed by atoms with van der Waals surface area (Å²) in [6.07, 6.45) is 4.40. The van der Waals surface area contributed by atoms with Gasteiger partial charge in [-0.1, -0.05) is 38.9 Å². The fourth-order valence-electron chi connectivity index (χ4n) is 1.29. The van der Waals surface area contributed by atoms with E-state index < -0.39 is 7.38 Å². The zero-order valence-electron chi connectivity index (χ0n) is 10.6. The van der Waals surface area contributed by atoms with Gasteiger partial charge in [-0.05, 0) is 19.4 Å². The van der Waals surface area contributed by atoms with Crippen molar-refractivity contribution in [3.05, 3.63) is 12.2 Å². The number of unbranched alkanes of at least 4 members (excludes halogenated alkanes) is 3. The molecule has 0 N–H and O–H groups in total. The Bertz CT molecular complexity index is 234. The van der Waals surface area contributed by atoms with Gasteiger partial charge in [0.1, 0.15) is 7.38 Å². The van der Waals surface area contributed by atoms with Crippen LogP contribution in [0.2, 0.25) is 19.1 Å². The highest BCUT2D eigenvalue weighted by Gasteiger charge is 2.15. The highest BCUT2D eigenvalue weighted by atomic mass is 35.6. The Hall–Kier alpha value is -0.283. The molecule has 0 amide bonds. The molecular weight excluding hydrogens is 240 g/mol. The molecule has 94 valence electrons. The van der Waals surface area contributed by atoms with Crippen molar-refractivity contribution in [1.82, 2.24) is 0 Å². The van der Waals surface area contributed by atoms with E-state index in [9.17, 15) is 4.79 Å². The van der Waals surface area contributed by atoms with E-state index in [2.05, 4.69) is 19.7 Å². The lowest BCUT2D eigenvalue weighted by Crippen LogP contribution is -2.15. The molecule has 0 aromatic rings. The molecule has 4 heteroatoms. The molecular formula is C12H23ClO2Si. The van der Waals surface area contributed by atoms with Crippen LogP contribution in [0.3, 0.4) is 0 Å². The highest BCUT2D eigenvalue weighted by Crippen LogP contribution is 2.18. The van der Waals surface area contributed by atoms with E-state index >= 15 is 0 Å². The average Bonchev–Trinajstić information content (AvgIpc) is 2.14. The SMILES string of the molecule is C=C(C)C(=O)OCCCCCC[Si](C)(C)Cl. The maximum Gasteiger partial charge on any atom is 0.333 e. The van der Waals surface area contributed by atoms with Crippen LogP contribution in [0.1, 0.15) is 32.6 Å². The summed E-state index contributed by atoms with van der Waals surface area (Å²) in [6.45, 7) is 10.0. The van der Waals surface area contributed by atoms with Crippen LogP contribution >= 0.6 is 11.1 Å². The first kappa shape index (κ1) is 15.7. The van der Waals surface area contributed by atoms with Gasteiger partial charge in [-0.15, -0.1) is 0 Å². The van der Waals surface area contributed by atoms with E-state index in [1.807, 2.05) is 0 Å². The lowest BCUT2D eigenvalue weighted by Gasteiger charge is -2.11. The minimum Gasteiger partial charge on any atom is -0.462 e. The molecule has 0 aliphatic rings. The van der Waals surface area contributed by atoms with E-state index in [4.69, 9.17) is 15.8 Å². The molecule has 2 nitrogen and oxygen atoms in total. The van der Waals surface area contributed by atoms with Gasteiger partial charge < -0.3 is 4.74 Å². The third-order valence-corrected chi connectivity index (χ3v) is 4.36. The van der Waals surface area contributed by atoms with Crippen LogP contribution in [0.4, 0.5) is 0 Å². The van der Waals surface area contributed by atoms with Crippen molar-refractivity contribution in [2.75, 3.05) is 6.61 Å². The van der Waals surface area contributed by atoms with Gasteiger partial charge >= 0.3 is 5.97 Å². The fourth-order valence-corrected chi connectivity index (χ4v) is 2.78. The van der Waals surface area contributed by atoms with Crippen molar-refractivity contribution in [3.63, 3.8) is 0 Å². The minimum atomic E-state index is -1.38. The van der Waals surface area contributed by atoms with Crippen molar-refractivity contribution in [1.29, 1.82) is 0 Å². The van der Waals surface area contributed by atoms with E-state index in [0.717, 1.165) is 12.8 Å². The van der Waals surface area contributed by atoms with Crippen molar-refractivity contribution in [3.8, 4) is 0 Å². The predicted molar refractivity (Wildman–Crippen MR) is 72.4 cm³/mol. The first-order valence-electron chi connectivity index (χ1n) is 5.84. The Morgan fingerprint density at radius 1 is 1.25 bits per heavy atom. The Kier molecular flexibility index (Phi) is 7.76. The zero-order valence-corrected chi connectivity index (χ0v) is 12.4. The van der Waals surface area contributed by atoms with Crippen LogP contribution in [0.15, 0.2) is 12.2 Å². The van der Waals surface area contributed by atoms with Crippen LogP contribution < -0.4 is 0 Å². The Morgan fingerprint density at radius 3 is 2.31 bits per heavy atom. The third kappa shape index (κ3) is 10.2. The summed E-state index contributed by atoms with van der Waals surface area (Å²) in [5.41, 5.74) is 0.467. The molecule has 0 fully saturated rings. The predicted octanol–water partition coefficient (Wildman–Crippen LogP) is 4.11. The van der Waals surface area contributed by atoms with Crippen molar-refractivity contribution in [2.24, 2.45) is 0 Å². The smallest absolute Gasteiger partial charge is 0.333 e. The van der Waals surface area contributed by atoms with E-state index in [1.165, 1.54) is 18.9 Å². The molecule has 0 rings (SSSR count). The largest absolute Gasteiger partial charge is 0.462 e. The molecule has 16 heavy (non-hydrogen) atoms. The number of hydrogen-bond acceptors (Lipinski definition) is 2. The summed E-state index contributed by atoms with van der Waals surface area (Å²) in [6, 6.07) is 1.17. The second kappa shape index (κ2) is 7.90. The number of esters is 1. The number of carbonyl (C=O) groups is 1. The Labute approximate surface area is 105 Å². The summed E-state index contributed by atoms with van der Waals surface area (Å²) in [5, 5.41) is 0. The number of ether oxygens (including phenoxy) is 1. The van der Waals surface area contributed by atoms with Crippen LogP contribution in [0.5, 0.6) is 0 Å². The standard InChI is InChI=1S/C12H23ClO2Si/c1-11(2)12(14)15-9-7-5-6-8-10-16(3,4)13/h1,5-10H2,2-4H3. The normalized spacial score (nSPS) is 11.2. The summed E-state index contributed by atoms with van der Waals surface area (Å²) in [5.74, 6) is -0.283. The highest BCUT2D eigenvalue weighted by molar-refractivity contribution is 7.19. The van der Waals surface area contributed by atoms with Crippen LogP contribution in [-0.4, -0.2) is 20.0 Å². The van der Waals surface area contributed by atoms with E-state index in [0.29, 0.717) is 12.2 Å². The lowest BCUT2D eigenvalue weighted by molar-refractivity contribution is -0.139. The molecule has 0 bridgehead atoms. The molecule has 0 aromatic carbocycles. The molecule has 0 radical (unpaired) electrons. The van der Waals surface area contributed by atoms with Gasteiger partial charge in [0.2, 0.25) is 0 Å². The van der Waals surface area contributed by atoms with Crippen molar-refractivity contribution < 1.29 is 9.53 Å². The summed E-state index contributed by atoms with van der Waals surface area (Å²) < 4.78 is 5.00. The second-order valence-electron chi connectivity index (χ2n) is 4.80. The summed E-state index contributed by atoms with van der Waals surface area (Å²) >= 11 is 6.21. The topological polar surface area (TPSA) is 26.3 Å². The average molecular weight is 263 g/mol. The molecule has 0 saturated heterocycles. The van der Waals surface area contributed by atoms with Gasteiger partial charge in [-0.25, -0.2) is 4.79 Å². The van der Waals surface area contributed by atoms with Gasteiger partial charge in [0.05, 0.1) is 6.61 Å². The number of halogens is 1. The molecule has 0 spiro atoms. The van der Waals surface area contributed by atoms with Crippen LogP contribution in [0, 0.1) is 0 Å². The Morgan fingerprint density at radius 2 is 1.81 bits per heavy atom. The van der Waals surface area contributed by atoms with Gasteiger partial charge in [-0.2, -0.15) is 11.1 Å². The van der Waals surface area contributed by atoms with E-state index in [-0.39, 0.29) is 5.97 Å². The number of rotatable bonds is 8. The first-order valence-corrected chi connectivity index (χ1v) is 10.1. The lowest BCUT2D eigenvalue weighted by atomic mass is 10.2. The van der Waals surface area contributed by atoms with Gasteiger partial charge in [0.25, 0.3) is 0 Å². The quantitative estimate of drug-likeness (QED) is 0.216. The molecule has 0 unspecified atom stereocenters. The van der Waals surface area contributed by atoms with E-state index in [1.54, 1.807) is 6.92 Å². The van der Waals surface area contributed by atoms with Gasteiger partial charge in [-0.3, -0.25) is 0 Å². The molecule has 0 aliphatic carbocycles. The minimum absolute atomic E-state index is 0.283. The van der Waals surface area contributed by atoms with Crippen LogP contribution in [0.25, 0.3) is 0 Å². The number of carbonyl (C=O) groups excluding carboxylic acids is 1. The number of hydrogen-bond donors (Lipinski definition) is 0. The second-order valence-corrected chi connectivity index (χ2v) is 11.8. The molecule has 0 saturated carbocycles. The molecule has 0 atom stereocenters. The molecule has 0 aliphatic heterocycles. The third-order valence-electron chi connectivity index (χ3n) is 2.25. The molecule has 0 aromatic heterocycles. The fraction of sp³-hybridized carbons (Fsp3) is 0.750. The summed E-state index contributed by atoms with van der Waals surface area (Å²) in [7, 11) is -1.38. The summed E-state index contributed by atoms with van der Waals surface area (Å²) in [4.78, 5) is 11.0. The maximum atomic E-state index is 11.0. The first-order chi connectivity index (χ1) is 7.33. The van der Waals surface area contributed by atoms with Crippen molar-refractivity contribution >= 4 is 24.4 Å². The zero-order chi connectivity index (χ0) is 12.6.